The summed E-state index contributed by atoms with van der Waals surface area (Å²) in [7, 11) is 0. The van der Waals surface area contributed by atoms with E-state index < -0.39 is 0 Å². The van der Waals surface area contributed by atoms with Gasteiger partial charge in [-0.3, -0.25) is 9.36 Å². The Labute approximate surface area is 180 Å². The van der Waals surface area contributed by atoms with Crippen LogP contribution >= 0.6 is 11.8 Å². The topological polar surface area (TPSA) is 59.8 Å². The summed E-state index contributed by atoms with van der Waals surface area (Å²) in [5.74, 6) is 0.670. The Morgan fingerprint density at radius 2 is 1.53 bits per heavy atom. The fraction of sp³-hybridized carbons (Fsp3) is 0.125. The van der Waals surface area contributed by atoms with E-state index >= 15 is 0 Å². The molecule has 30 heavy (non-hydrogen) atoms. The SMILES string of the molecule is Cc1ccc(NC(=O)[C@H](C)Sc2nnc(-c3ccccc3)n2-c2ccccc2)cc1. The highest BCUT2D eigenvalue weighted by molar-refractivity contribution is 8.00. The fourth-order valence-corrected chi connectivity index (χ4v) is 3.89. The van der Waals surface area contributed by atoms with Crippen LogP contribution in [0.1, 0.15) is 12.5 Å². The van der Waals surface area contributed by atoms with Crippen molar-refractivity contribution in [1.29, 1.82) is 0 Å². The molecule has 4 aromatic rings. The number of amides is 1. The van der Waals surface area contributed by atoms with E-state index in [9.17, 15) is 4.79 Å². The Morgan fingerprint density at radius 1 is 0.900 bits per heavy atom. The Bertz CT molecular complexity index is 1130. The summed E-state index contributed by atoms with van der Waals surface area (Å²) in [6.45, 7) is 3.89. The van der Waals surface area contributed by atoms with Crippen LogP contribution in [0.25, 0.3) is 17.1 Å². The van der Waals surface area contributed by atoms with Crippen molar-refractivity contribution in [3.8, 4) is 17.1 Å². The lowest BCUT2D eigenvalue weighted by Crippen LogP contribution is -2.22. The molecule has 1 atom stereocenters. The van der Waals surface area contributed by atoms with Crippen molar-refractivity contribution >= 4 is 23.4 Å². The molecular formula is C24H22N4OS. The van der Waals surface area contributed by atoms with Gasteiger partial charge in [0, 0.05) is 16.9 Å². The minimum Gasteiger partial charge on any atom is -0.325 e. The highest BCUT2D eigenvalue weighted by atomic mass is 32.2. The van der Waals surface area contributed by atoms with E-state index in [4.69, 9.17) is 0 Å². The number of hydrogen-bond acceptors (Lipinski definition) is 4. The molecule has 0 aliphatic carbocycles. The molecule has 0 saturated heterocycles. The molecule has 6 heteroatoms. The van der Waals surface area contributed by atoms with E-state index in [0.29, 0.717) is 5.16 Å². The van der Waals surface area contributed by atoms with E-state index in [2.05, 4.69) is 15.5 Å². The minimum absolute atomic E-state index is 0.0762. The molecule has 150 valence electrons. The van der Waals surface area contributed by atoms with Gasteiger partial charge in [0.1, 0.15) is 0 Å². The summed E-state index contributed by atoms with van der Waals surface area (Å²) >= 11 is 1.39. The van der Waals surface area contributed by atoms with Gasteiger partial charge in [0.25, 0.3) is 0 Å². The van der Waals surface area contributed by atoms with Crippen LogP contribution in [0.2, 0.25) is 0 Å². The average Bonchev–Trinajstić information content (AvgIpc) is 3.20. The van der Waals surface area contributed by atoms with Crippen molar-refractivity contribution in [1.82, 2.24) is 14.8 Å². The predicted octanol–water partition coefficient (Wildman–Crippen LogP) is 5.36. The zero-order chi connectivity index (χ0) is 20.9. The van der Waals surface area contributed by atoms with Crippen molar-refractivity contribution in [2.24, 2.45) is 0 Å². The van der Waals surface area contributed by atoms with Crippen molar-refractivity contribution in [3.63, 3.8) is 0 Å². The summed E-state index contributed by atoms with van der Waals surface area (Å²) in [5.41, 5.74) is 3.86. The number of anilines is 1. The van der Waals surface area contributed by atoms with Crippen LogP contribution in [0, 0.1) is 6.92 Å². The number of nitrogens with one attached hydrogen (secondary N) is 1. The fourth-order valence-electron chi connectivity index (χ4n) is 3.02. The van der Waals surface area contributed by atoms with Gasteiger partial charge in [-0.1, -0.05) is 78.0 Å². The second-order valence-corrected chi connectivity index (χ2v) is 8.27. The molecule has 1 amide bonds. The van der Waals surface area contributed by atoms with Crippen molar-refractivity contribution < 1.29 is 4.79 Å². The van der Waals surface area contributed by atoms with Crippen LogP contribution in [0.4, 0.5) is 5.69 Å². The number of nitrogens with zero attached hydrogens (tertiary/aromatic N) is 3. The predicted molar refractivity (Wildman–Crippen MR) is 122 cm³/mol. The molecule has 0 bridgehead atoms. The highest BCUT2D eigenvalue weighted by Crippen LogP contribution is 2.30. The molecule has 0 saturated carbocycles. The maximum Gasteiger partial charge on any atom is 0.237 e. The van der Waals surface area contributed by atoms with Crippen LogP contribution in [0.5, 0.6) is 0 Å². The summed E-state index contributed by atoms with van der Waals surface area (Å²) in [6.07, 6.45) is 0. The van der Waals surface area contributed by atoms with E-state index in [0.717, 1.165) is 28.3 Å². The maximum atomic E-state index is 12.7. The van der Waals surface area contributed by atoms with Gasteiger partial charge < -0.3 is 5.32 Å². The summed E-state index contributed by atoms with van der Waals surface area (Å²) in [5, 5.41) is 12.1. The maximum absolute atomic E-state index is 12.7. The summed E-state index contributed by atoms with van der Waals surface area (Å²) in [4.78, 5) is 12.7. The quantitative estimate of drug-likeness (QED) is 0.431. The average molecular weight is 415 g/mol. The molecule has 4 rings (SSSR count). The van der Waals surface area contributed by atoms with Gasteiger partial charge in [0.2, 0.25) is 5.91 Å². The first-order chi connectivity index (χ1) is 14.6. The largest absolute Gasteiger partial charge is 0.325 e. The summed E-state index contributed by atoms with van der Waals surface area (Å²) in [6, 6.07) is 27.7. The lowest BCUT2D eigenvalue weighted by molar-refractivity contribution is -0.115. The van der Waals surface area contributed by atoms with Gasteiger partial charge in [0.15, 0.2) is 11.0 Å². The monoisotopic (exact) mass is 414 g/mol. The van der Waals surface area contributed by atoms with Gasteiger partial charge in [-0.25, -0.2) is 0 Å². The first-order valence-electron chi connectivity index (χ1n) is 9.72. The number of carbonyl (C=O) groups excluding carboxylic acids is 1. The second kappa shape index (κ2) is 8.97. The molecule has 0 fully saturated rings. The molecule has 1 heterocycles. The van der Waals surface area contributed by atoms with Crippen LogP contribution in [0.15, 0.2) is 90.1 Å². The number of aryl methyl sites for hydroxylation is 1. The molecule has 1 aromatic heterocycles. The normalized spacial score (nSPS) is 11.8. The Hall–Kier alpha value is -3.38. The number of aromatic nitrogens is 3. The molecule has 1 N–H and O–H groups in total. The molecule has 0 aliphatic heterocycles. The lowest BCUT2D eigenvalue weighted by atomic mass is 10.2. The molecular weight excluding hydrogens is 392 g/mol. The third-order valence-electron chi connectivity index (χ3n) is 4.65. The number of para-hydroxylation sites is 1. The number of hydrogen-bond donors (Lipinski definition) is 1. The standard InChI is InChI=1S/C24H22N4OS/c1-17-13-15-20(16-14-17)25-23(29)18(2)30-24-27-26-22(19-9-5-3-6-10-19)28(24)21-11-7-4-8-12-21/h3-16,18H,1-2H3,(H,25,29)/t18-/m0/s1. The van der Waals surface area contributed by atoms with Gasteiger partial charge in [0.05, 0.1) is 5.25 Å². The Balaban J connectivity index is 1.61. The smallest absolute Gasteiger partial charge is 0.237 e. The van der Waals surface area contributed by atoms with E-state index in [1.54, 1.807) is 0 Å². The Kier molecular flexibility index (Phi) is 5.95. The van der Waals surface area contributed by atoms with Crippen LogP contribution < -0.4 is 5.32 Å². The van der Waals surface area contributed by atoms with Gasteiger partial charge in [-0.15, -0.1) is 10.2 Å². The van der Waals surface area contributed by atoms with Crippen LogP contribution in [0.3, 0.4) is 0 Å². The molecule has 5 nitrogen and oxygen atoms in total. The molecule has 0 unspecified atom stereocenters. The molecule has 0 spiro atoms. The van der Waals surface area contributed by atoms with E-state index in [1.807, 2.05) is 103 Å². The minimum atomic E-state index is -0.346. The van der Waals surface area contributed by atoms with Crippen molar-refractivity contribution in [2.75, 3.05) is 5.32 Å². The van der Waals surface area contributed by atoms with Gasteiger partial charge in [-0.2, -0.15) is 0 Å². The first-order valence-corrected chi connectivity index (χ1v) is 10.6. The van der Waals surface area contributed by atoms with E-state index in [1.165, 1.54) is 11.8 Å². The van der Waals surface area contributed by atoms with E-state index in [-0.39, 0.29) is 11.2 Å². The summed E-state index contributed by atoms with van der Waals surface area (Å²) < 4.78 is 2.00. The van der Waals surface area contributed by atoms with Gasteiger partial charge >= 0.3 is 0 Å². The first kappa shape index (κ1) is 19.9. The molecule has 0 aliphatic rings. The number of thioether (sulfide) groups is 1. The van der Waals surface area contributed by atoms with Crippen LogP contribution in [-0.2, 0) is 4.79 Å². The highest BCUT2D eigenvalue weighted by Gasteiger charge is 2.22. The number of carbonyl (C=O) groups is 1. The third kappa shape index (κ3) is 4.44. The second-order valence-electron chi connectivity index (χ2n) is 6.96. The zero-order valence-corrected chi connectivity index (χ0v) is 17.6. The molecule has 0 radical (unpaired) electrons. The van der Waals surface area contributed by atoms with Crippen molar-refractivity contribution in [2.45, 2.75) is 24.3 Å². The lowest BCUT2D eigenvalue weighted by Gasteiger charge is -2.14. The van der Waals surface area contributed by atoms with Gasteiger partial charge in [-0.05, 0) is 38.1 Å². The number of benzene rings is 3. The zero-order valence-electron chi connectivity index (χ0n) is 16.8. The Morgan fingerprint density at radius 3 is 2.20 bits per heavy atom. The molecule has 3 aromatic carbocycles. The van der Waals surface area contributed by atoms with Crippen molar-refractivity contribution in [3.05, 3.63) is 90.5 Å². The number of rotatable bonds is 6. The third-order valence-corrected chi connectivity index (χ3v) is 5.69. The van der Waals surface area contributed by atoms with Crippen LogP contribution in [-0.4, -0.2) is 25.9 Å².